The Hall–Kier alpha value is -0.160. The summed E-state index contributed by atoms with van der Waals surface area (Å²) in [6.07, 6.45) is 1.98. The Bertz CT molecular complexity index is 150. The second-order valence-electron chi connectivity index (χ2n) is 4.68. The van der Waals surface area contributed by atoms with Gasteiger partial charge in [0.25, 0.3) is 0 Å². The van der Waals surface area contributed by atoms with Gasteiger partial charge in [0.05, 0.1) is 26.4 Å². The molecule has 1 atom stereocenters. The molecule has 1 N–H and O–H groups in total. The SMILES string of the molecule is COCCOCCOCCC(CO)CC(C)C. The first-order valence-electron chi connectivity index (χ1n) is 6.46. The molecule has 0 rings (SSSR count). The molecule has 0 heterocycles. The van der Waals surface area contributed by atoms with Gasteiger partial charge in [-0.2, -0.15) is 0 Å². The molecule has 0 bridgehead atoms. The fourth-order valence-electron chi connectivity index (χ4n) is 1.66. The smallest absolute Gasteiger partial charge is 0.0701 e. The van der Waals surface area contributed by atoms with Crippen LogP contribution in [0.5, 0.6) is 0 Å². The van der Waals surface area contributed by atoms with Crippen LogP contribution in [0.1, 0.15) is 26.7 Å². The molecular formula is C13H28O4. The molecule has 0 aromatic rings. The molecule has 0 saturated carbocycles. The number of aliphatic hydroxyl groups is 1. The van der Waals surface area contributed by atoms with Crippen molar-refractivity contribution in [1.29, 1.82) is 0 Å². The number of rotatable bonds is 12. The van der Waals surface area contributed by atoms with Crippen molar-refractivity contribution in [1.82, 2.24) is 0 Å². The van der Waals surface area contributed by atoms with E-state index in [2.05, 4.69) is 13.8 Å². The molecule has 0 aromatic heterocycles. The number of hydrogen-bond donors (Lipinski definition) is 1. The lowest BCUT2D eigenvalue weighted by molar-refractivity contribution is 0.0194. The zero-order valence-corrected chi connectivity index (χ0v) is 11.5. The summed E-state index contributed by atoms with van der Waals surface area (Å²) >= 11 is 0. The lowest BCUT2D eigenvalue weighted by atomic mass is 9.95. The van der Waals surface area contributed by atoms with Crippen LogP contribution >= 0.6 is 0 Å². The van der Waals surface area contributed by atoms with Crippen molar-refractivity contribution in [3.8, 4) is 0 Å². The molecule has 0 aromatic carbocycles. The Morgan fingerprint density at radius 3 is 2.06 bits per heavy atom. The Balaban J connectivity index is 3.25. The zero-order chi connectivity index (χ0) is 12.9. The predicted molar refractivity (Wildman–Crippen MR) is 68.2 cm³/mol. The van der Waals surface area contributed by atoms with E-state index in [4.69, 9.17) is 14.2 Å². The van der Waals surface area contributed by atoms with E-state index in [0.29, 0.717) is 44.9 Å². The molecule has 0 amide bonds. The topological polar surface area (TPSA) is 47.9 Å². The van der Waals surface area contributed by atoms with Gasteiger partial charge in [0.1, 0.15) is 0 Å². The highest BCUT2D eigenvalue weighted by Gasteiger charge is 2.09. The Kier molecular flexibility index (Phi) is 12.2. The van der Waals surface area contributed by atoms with Crippen molar-refractivity contribution in [2.45, 2.75) is 26.7 Å². The van der Waals surface area contributed by atoms with E-state index >= 15 is 0 Å². The fraction of sp³-hybridized carbons (Fsp3) is 1.00. The molecule has 1 unspecified atom stereocenters. The van der Waals surface area contributed by atoms with Gasteiger partial charge in [0.2, 0.25) is 0 Å². The van der Waals surface area contributed by atoms with Crippen molar-refractivity contribution < 1.29 is 19.3 Å². The molecule has 0 spiro atoms. The van der Waals surface area contributed by atoms with Crippen LogP contribution in [-0.4, -0.2) is 51.9 Å². The molecule has 0 fully saturated rings. The summed E-state index contributed by atoms with van der Waals surface area (Å²) in [4.78, 5) is 0. The van der Waals surface area contributed by atoms with Crippen LogP contribution < -0.4 is 0 Å². The third-order valence-corrected chi connectivity index (χ3v) is 2.54. The summed E-state index contributed by atoms with van der Waals surface area (Å²) in [6, 6.07) is 0. The van der Waals surface area contributed by atoms with E-state index < -0.39 is 0 Å². The second kappa shape index (κ2) is 12.3. The van der Waals surface area contributed by atoms with E-state index in [1.54, 1.807) is 7.11 Å². The minimum atomic E-state index is 0.256. The standard InChI is InChI=1S/C13H28O4/c1-12(2)10-13(11-14)4-5-16-8-9-17-7-6-15-3/h12-14H,4-11H2,1-3H3. The third-order valence-electron chi connectivity index (χ3n) is 2.54. The van der Waals surface area contributed by atoms with Crippen LogP contribution in [-0.2, 0) is 14.2 Å². The van der Waals surface area contributed by atoms with Crippen LogP contribution in [0.3, 0.4) is 0 Å². The molecule has 0 aliphatic heterocycles. The van der Waals surface area contributed by atoms with Gasteiger partial charge in [-0.1, -0.05) is 13.8 Å². The summed E-state index contributed by atoms with van der Waals surface area (Å²) in [5, 5.41) is 9.18. The number of hydrogen-bond acceptors (Lipinski definition) is 4. The molecule has 4 heteroatoms. The predicted octanol–water partition coefficient (Wildman–Crippen LogP) is 1.71. The van der Waals surface area contributed by atoms with Crippen LogP contribution in [0.4, 0.5) is 0 Å². The molecule has 17 heavy (non-hydrogen) atoms. The highest BCUT2D eigenvalue weighted by atomic mass is 16.5. The summed E-state index contributed by atoms with van der Waals surface area (Å²) in [5.41, 5.74) is 0. The van der Waals surface area contributed by atoms with Gasteiger partial charge in [-0.3, -0.25) is 0 Å². The molecule has 0 radical (unpaired) electrons. The quantitative estimate of drug-likeness (QED) is 0.534. The van der Waals surface area contributed by atoms with Crippen molar-refractivity contribution >= 4 is 0 Å². The minimum Gasteiger partial charge on any atom is -0.396 e. The maximum Gasteiger partial charge on any atom is 0.0701 e. The van der Waals surface area contributed by atoms with E-state index in [9.17, 15) is 5.11 Å². The van der Waals surface area contributed by atoms with Gasteiger partial charge in [0.15, 0.2) is 0 Å². The van der Waals surface area contributed by atoms with Crippen LogP contribution in [0.2, 0.25) is 0 Å². The first-order chi connectivity index (χ1) is 8.20. The summed E-state index contributed by atoms with van der Waals surface area (Å²) in [6.45, 7) is 7.77. The molecule has 0 aliphatic carbocycles. The Morgan fingerprint density at radius 2 is 1.53 bits per heavy atom. The maximum absolute atomic E-state index is 9.18. The van der Waals surface area contributed by atoms with Crippen molar-refractivity contribution in [3.63, 3.8) is 0 Å². The van der Waals surface area contributed by atoms with Crippen LogP contribution in [0, 0.1) is 11.8 Å². The molecule has 0 aliphatic rings. The molecule has 0 saturated heterocycles. The van der Waals surface area contributed by atoms with Gasteiger partial charge in [-0.25, -0.2) is 0 Å². The van der Waals surface area contributed by atoms with E-state index in [0.717, 1.165) is 12.8 Å². The van der Waals surface area contributed by atoms with Gasteiger partial charge in [0, 0.05) is 20.3 Å². The van der Waals surface area contributed by atoms with Crippen molar-refractivity contribution in [2.75, 3.05) is 46.8 Å². The monoisotopic (exact) mass is 248 g/mol. The fourth-order valence-corrected chi connectivity index (χ4v) is 1.66. The molecular weight excluding hydrogens is 220 g/mol. The number of ether oxygens (including phenoxy) is 3. The van der Waals surface area contributed by atoms with Crippen molar-refractivity contribution in [3.05, 3.63) is 0 Å². The van der Waals surface area contributed by atoms with E-state index in [1.807, 2.05) is 0 Å². The number of methoxy groups -OCH3 is 1. The average Bonchev–Trinajstić information content (AvgIpc) is 2.30. The first kappa shape index (κ1) is 16.8. The summed E-state index contributed by atoms with van der Waals surface area (Å²) in [7, 11) is 1.66. The lowest BCUT2D eigenvalue weighted by Gasteiger charge is -2.16. The Morgan fingerprint density at radius 1 is 0.941 bits per heavy atom. The summed E-state index contributed by atoms with van der Waals surface area (Å²) in [5.74, 6) is 0.994. The summed E-state index contributed by atoms with van der Waals surface area (Å²) < 4.78 is 15.6. The average molecular weight is 248 g/mol. The third kappa shape index (κ3) is 12.1. The highest BCUT2D eigenvalue weighted by Crippen LogP contribution is 2.14. The maximum atomic E-state index is 9.18. The Labute approximate surface area is 105 Å². The molecule has 4 nitrogen and oxygen atoms in total. The largest absolute Gasteiger partial charge is 0.396 e. The minimum absolute atomic E-state index is 0.256. The number of aliphatic hydroxyl groups excluding tert-OH is 1. The van der Waals surface area contributed by atoms with Gasteiger partial charge < -0.3 is 19.3 Å². The highest BCUT2D eigenvalue weighted by molar-refractivity contribution is 4.59. The first-order valence-corrected chi connectivity index (χ1v) is 6.46. The lowest BCUT2D eigenvalue weighted by Crippen LogP contribution is -2.14. The van der Waals surface area contributed by atoms with Crippen LogP contribution in [0.25, 0.3) is 0 Å². The van der Waals surface area contributed by atoms with Gasteiger partial charge in [-0.15, -0.1) is 0 Å². The van der Waals surface area contributed by atoms with Crippen molar-refractivity contribution in [2.24, 2.45) is 11.8 Å². The van der Waals surface area contributed by atoms with E-state index in [-0.39, 0.29) is 6.61 Å². The normalized spacial score (nSPS) is 13.2. The second-order valence-corrected chi connectivity index (χ2v) is 4.68. The van der Waals surface area contributed by atoms with Gasteiger partial charge in [-0.05, 0) is 24.7 Å². The molecule has 104 valence electrons. The van der Waals surface area contributed by atoms with Gasteiger partial charge >= 0.3 is 0 Å². The van der Waals surface area contributed by atoms with E-state index in [1.165, 1.54) is 0 Å². The van der Waals surface area contributed by atoms with Crippen LogP contribution in [0.15, 0.2) is 0 Å². The zero-order valence-electron chi connectivity index (χ0n) is 11.5.